The van der Waals surface area contributed by atoms with Gasteiger partial charge in [0.25, 0.3) is 0 Å². The number of aromatic nitrogens is 2. The van der Waals surface area contributed by atoms with Crippen LogP contribution < -0.4 is 0 Å². The Kier molecular flexibility index (Phi) is 6.55. The second-order valence-corrected chi connectivity index (χ2v) is 8.62. The molecule has 1 aliphatic heterocycles. The van der Waals surface area contributed by atoms with Crippen molar-refractivity contribution in [2.24, 2.45) is 0 Å². The van der Waals surface area contributed by atoms with Crippen molar-refractivity contribution in [1.29, 1.82) is 0 Å². The van der Waals surface area contributed by atoms with E-state index in [1.54, 1.807) is 24.3 Å². The van der Waals surface area contributed by atoms with Crippen LogP contribution in [0.5, 0.6) is 0 Å². The number of imidazole rings is 1. The van der Waals surface area contributed by atoms with Crippen LogP contribution in [0.1, 0.15) is 12.0 Å². The smallest absolute Gasteiger partial charge is 0.187 e. The van der Waals surface area contributed by atoms with Crippen molar-refractivity contribution in [3.8, 4) is 0 Å². The fourth-order valence-corrected chi connectivity index (χ4v) is 4.56. The van der Waals surface area contributed by atoms with Crippen LogP contribution in [0.25, 0.3) is 0 Å². The summed E-state index contributed by atoms with van der Waals surface area (Å²) in [6.07, 6.45) is 6.81. The zero-order valence-electron chi connectivity index (χ0n) is 15.8. The Morgan fingerprint density at radius 3 is 2.86 bits per heavy atom. The molecule has 1 aliphatic rings. The first kappa shape index (κ1) is 20.4. The van der Waals surface area contributed by atoms with Crippen molar-refractivity contribution < 1.29 is 13.9 Å². The molecule has 0 radical (unpaired) electrons. The summed E-state index contributed by atoms with van der Waals surface area (Å²) < 4.78 is 27.8. The van der Waals surface area contributed by atoms with Crippen LogP contribution in [0, 0.1) is 5.82 Å². The van der Waals surface area contributed by atoms with Crippen LogP contribution in [0.3, 0.4) is 0 Å². The first-order valence-electron chi connectivity index (χ1n) is 9.51. The summed E-state index contributed by atoms with van der Waals surface area (Å²) in [4.78, 5) is 5.23. The summed E-state index contributed by atoms with van der Waals surface area (Å²) >= 11 is 7.78. The van der Waals surface area contributed by atoms with E-state index in [1.807, 2.05) is 47.2 Å². The second-order valence-electron chi connectivity index (χ2n) is 7.09. The first-order chi connectivity index (χ1) is 14.1. The van der Waals surface area contributed by atoms with Gasteiger partial charge >= 0.3 is 0 Å². The van der Waals surface area contributed by atoms with Crippen molar-refractivity contribution >= 4 is 23.4 Å². The molecule has 4 nitrogen and oxygen atoms in total. The van der Waals surface area contributed by atoms with E-state index in [0.29, 0.717) is 19.6 Å². The molecule has 0 spiro atoms. The van der Waals surface area contributed by atoms with E-state index >= 15 is 0 Å². The molecule has 0 N–H and O–H groups in total. The Morgan fingerprint density at radius 1 is 1.24 bits per heavy atom. The number of benzene rings is 2. The summed E-state index contributed by atoms with van der Waals surface area (Å²) in [7, 11) is 0. The number of hydrogen-bond acceptors (Lipinski definition) is 4. The van der Waals surface area contributed by atoms with Crippen LogP contribution in [0.2, 0.25) is 5.02 Å². The highest BCUT2D eigenvalue weighted by molar-refractivity contribution is 7.99. The predicted molar refractivity (Wildman–Crippen MR) is 113 cm³/mol. The van der Waals surface area contributed by atoms with E-state index in [9.17, 15) is 4.39 Å². The molecular weight excluding hydrogens is 411 g/mol. The Bertz CT molecular complexity index is 923. The second kappa shape index (κ2) is 9.30. The average Bonchev–Trinajstić information content (AvgIpc) is 3.37. The van der Waals surface area contributed by atoms with Crippen LogP contribution in [-0.2, 0) is 22.4 Å². The van der Waals surface area contributed by atoms with E-state index in [-0.39, 0.29) is 11.9 Å². The maximum Gasteiger partial charge on any atom is 0.187 e. The van der Waals surface area contributed by atoms with Crippen molar-refractivity contribution in [3.05, 3.63) is 83.7 Å². The highest BCUT2D eigenvalue weighted by Gasteiger charge is 2.41. The SMILES string of the molecule is Fc1ccc(CCC2(Cn3ccnc3)OCC(CSc3cccc(Cl)c3)O2)cc1. The highest BCUT2D eigenvalue weighted by atomic mass is 35.5. The summed E-state index contributed by atoms with van der Waals surface area (Å²) in [5.41, 5.74) is 1.06. The molecule has 0 amide bonds. The first-order valence-corrected chi connectivity index (χ1v) is 10.9. The predicted octanol–water partition coefficient (Wildman–Crippen LogP) is 5.21. The lowest BCUT2D eigenvalue weighted by Gasteiger charge is -2.28. The summed E-state index contributed by atoms with van der Waals surface area (Å²) in [5.74, 6) is -0.176. The van der Waals surface area contributed by atoms with Crippen LogP contribution in [-0.4, -0.2) is 33.8 Å². The largest absolute Gasteiger partial charge is 0.345 e. The molecule has 2 heterocycles. The topological polar surface area (TPSA) is 36.3 Å². The standard InChI is InChI=1S/C22H22ClFN2O2S/c23-18-2-1-3-21(12-18)29-14-20-13-27-22(28-20,15-26-11-10-25-16-26)9-8-17-4-6-19(24)7-5-17/h1-7,10-12,16,20H,8-9,13-15H2. The lowest BCUT2D eigenvalue weighted by molar-refractivity contribution is -0.180. The lowest BCUT2D eigenvalue weighted by atomic mass is 10.0. The van der Waals surface area contributed by atoms with E-state index < -0.39 is 5.79 Å². The van der Waals surface area contributed by atoms with E-state index in [0.717, 1.165) is 27.7 Å². The third-order valence-electron chi connectivity index (χ3n) is 4.84. The van der Waals surface area contributed by atoms with Crippen molar-refractivity contribution in [2.75, 3.05) is 12.4 Å². The number of nitrogens with zero attached hydrogens (tertiary/aromatic N) is 2. The van der Waals surface area contributed by atoms with Crippen LogP contribution in [0.15, 0.2) is 72.1 Å². The van der Waals surface area contributed by atoms with Crippen LogP contribution >= 0.6 is 23.4 Å². The summed E-state index contributed by atoms with van der Waals surface area (Å²) in [6.45, 7) is 1.10. The molecular formula is C22H22ClFN2O2S. The molecule has 152 valence electrons. The molecule has 0 aliphatic carbocycles. The van der Waals surface area contributed by atoms with Gasteiger partial charge in [0, 0.05) is 34.5 Å². The molecule has 4 rings (SSSR count). The Hall–Kier alpha value is -1.86. The number of halogens is 2. The molecule has 0 bridgehead atoms. The van der Waals surface area contributed by atoms with Gasteiger partial charge in [-0.1, -0.05) is 29.8 Å². The monoisotopic (exact) mass is 432 g/mol. The maximum atomic E-state index is 13.2. The highest BCUT2D eigenvalue weighted by Crippen LogP contribution is 2.33. The molecule has 1 aromatic heterocycles. The Labute approximate surface area is 179 Å². The molecule has 1 fully saturated rings. The van der Waals surface area contributed by atoms with Gasteiger partial charge in [-0.15, -0.1) is 11.8 Å². The minimum absolute atomic E-state index is 0.0179. The molecule has 0 saturated carbocycles. The fraction of sp³-hybridized carbons (Fsp3) is 0.318. The molecule has 3 aromatic rings. The molecule has 2 unspecified atom stereocenters. The molecule has 2 aromatic carbocycles. The number of thioether (sulfide) groups is 1. The quantitative estimate of drug-likeness (QED) is 0.458. The number of rotatable bonds is 8. The normalized spacial score (nSPS) is 21.5. The molecule has 2 atom stereocenters. The van der Waals surface area contributed by atoms with Crippen molar-refractivity contribution in [3.63, 3.8) is 0 Å². The summed E-state index contributed by atoms with van der Waals surface area (Å²) in [6, 6.07) is 14.4. The number of aryl methyl sites for hydroxylation is 1. The lowest BCUT2D eigenvalue weighted by Crippen LogP contribution is -2.37. The average molecular weight is 433 g/mol. The minimum Gasteiger partial charge on any atom is -0.345 e. The molecule has 1 saturated heterocycles. The van der Waals surface area contributed by atoms with Gasteiger partial charge in [-0.2, -0.15) is 0 Å². The maximum absolute atomic E-state index is 13.2. The van der Waals surface area contributed by atoms with Gasteiger partial charge in [0.1, 0.15) is 5.82 Å². The van der Waals surface area contributed by atoms with Gasteiger partial charge in [-0.05, 0) is 42.3 Å². The van der Waals surface area contributed by atoms with Gasteiger partial charge in [-0.25, -0.2) is 9.37 Å². The van der Waals surface area contributed by atoms with E-state index in [4.69, 9.17) is 21.1 Å². The minimum atomic E-state index is -0.728. The van der Waals surface area contributed by atoms with Crippen molar-refractivity contribution in [1.82, 2.24) is 9.55 Å². The third kappa shape index (κ3) is 5.60. The zero-order valence-corrected chi connectivity index (χ0v) is 17.4. The van der Waals surface area contributed by atoms with Gasteiger partial charge in [0.2, 0.25) is 0 Å². The third-order valence-corrected chi connectivity index (χ3v) is 6.20. The van der Waals surface area contributed by atoms with Gasteiger partial charge in [0.15, 0.2) is 5.79 Å². The Morgan fingerprint density at radius 2 is 2.10 bits per heavy atom. The number of ether oxygens (including phenoxy) is 2. The van der Waals surface area contributed by atoms with E-state index in [1.165, 1.54) is 12.1 Å². The Balaban J connectivity index is 1.41. The fourth-order valence-electron chi connectivity index (χ4n) is 3.38. The van der Waals surface area contributed by atoms with Crippen molar-refractivity contribution in [2.45, 2.75) is 36.2 Å². The number of hydrogen-bond donors (Lipinski definition) is 0. The van der Waals surface area contributed by atoms with Gasteiger partial charge in [0.05, 0.1) is 25.6 Å². The molecule has 29 heavy (non-hydrogen) atoms. The van der Waals surface area contributed by atoms with Gasteiger partial charge < -0.3 is 14.0 Å². The summed E-state index contributed by atoms with van der Waals surface area (Å²) in [5, 5.41) is 0.729. The van der Waals surface area contributed by atoms with E-state index in [2.05, 4.69) is 4.98 Å². The van der Waals surface area contributed by atoms with Crippen LogP contribution in [0.4, 0.5) is 4.39 Å². The zero-order chi connectivity index (χ0) is 20.1. The van der Waals surface area contributed by atoms with Gasteiger partial charge in [-0.3, -0.25) is 0 Å². The molecule has 7 heteroatoms.